The minimum Gasteiger partial charge on any atom is -0.496 e. The summed E-state index contributed by atoms with van der Waals surface area (Å²) in [5.41, 5.74) is 4.82. The molecule has 8 nitrogen and oxygen atoms in total. The molecule has 0 spiro atoms. The summed E-state index contributed by atoms with van der Waals surface area (Å²) >= 11 is 0. The van der Waals surface area contributed by atoms with Gasteiger partial charge in [-0.3, -0.25) is 4.79 Å². The Kier molecular flexibility index (Phi) is 12.3. The molecule has 42 heavy (non-hydrogen) atoms. The zero-order valence-corrected chi connectivity index (χ0v) is 24.9. The van der Waals surface area contributed by atoms with Crippen molar-refractivity contribution >= 4 is 17.5 Å². The Morgan fingerprint density at radius 3 is 2.14 bits per heavy atom. The normalized spacial score (nSPS) is 10.6. The predicted molar refractivity (Wildman–Crippen MR) is 162 cm³/mol. The molecule has 224 valence electrons. The van der Waals surface area contributed by atoms with Crippen LogP contribution >= 0.6 is 0 Å². The fourth-order valence-electron chi connectivity index (χ4n) is 4.59. The molecule has 0 bridgehead atoms. The zero-order chi connectivity index (χ0) is 30.5. The number of methoxy groups -OCH3 is 2. The van der Waals surface area contributed by atoms with Crippen molar-refractivity contribution in [3.05, 3.63) is 89.0 Å². The van der Waals surface area contributed by atoms with Gasteiger partial charge in [0.25, 0.3) is 0 Å². The van der Waals surface area contributed by atoms with Crippen LogP contribution in [0.15, 0.2) is 61.2 Å². The number of carboxylic acids is 1. The van der Waals surface area contributed by atoms with E-state index >= 15 is 0 Å². The van der Waals surface area contributed by atoms with Crippen LogP contribution < -0.4 is 18.9 Å². The molecule has 3 rings (SSSR count). The second-order valence-corrected chi connectivity index (χ2v) is 9.81. The van der Waals surface area contributed by atoms with E-state index in [0.717, 1.165) is 46.6 Å². The SMILES string of the molecule is C=C(C)c1ccc(OCCCOc2cccc(OCc3cccc(C(=O)OC)c3)c2CCC(=O)O)c(CCC)c1OC. The van der Waals surface area contributed by atoms with Gasteiger partial charge in [-0.2, -0.15) is 0 Å². The second-order valence-electron chi connectivity index (χ2n) is 9.81. The molecule has 0 saturated heterocycles. The van der Waals surface area contributed by atoms with E-state index in [1.54, 1.807) is 31.4 Å². The van der Waals surface area contributed by atoms with Crippen LogP contribution in [0.3, 0.4) is 0 Å². The average molecular weight is 577 g/mol. The predicted octanol–water partition coefficient (Wildman–Crippen LogP) is 6.91. The number of hydrogen-bond donors (Lipinski definition) is 1. The van der Waals surface area contributed by atoms with Gasteiger partial charge in [0.05, 0.1) is 33.0 Å². The maximum absolute atomic E-state index is 11.9. The lowest BCUT2D eigenvalue weighted by atomic mass is 10.00. The highest BCUT2D eigenvalue weighted by Crippen LogP contribution is 2.36. The number of rotatable bonds is 17. The standard InChI is InChI=1S/C34H40O8/c1-6-10-28-31(17-15-26(23(2)3)33(28)38-4)41-20-9-19-40-29-13-8-14-30(27(29)16-18-32(35)36)42-22-24-11-7-12-25(21-24)34(37)39-5/h7-8,11-15,17,21H,2,6,9-10,16,18-20,22H2,1,3-5H3,(H,35,36). The molecule has 0 atom stereocenters. The van der Waals surface area contributed by atoms with E-state index in [0.29, 0.717) is 42.3 Å². The molecular weight excluding hydrogens is 536 g/mol. The Morgan fingerprint density at radius 1 is 0.857 bits per heavy atom. The lowest BCUT2D eigenvalue weighted by molar-refractivity contribution is -0.136. The summed E-state index contributed by atoms with van der Waals surface area (Å²) < 4.78 is 28.8. The molecule has 0 aromatic heterocycles. The lowest BCUT2D eigenvalue weighted by Crippen LogP contribution is -2.09. The molecular formula is C34H40O8. The molecule has 3 aromatic carbocycles. The monoisotopic (exact) mass is 576 g/mol. The maximum atomic E-state index is 11.9. The van der Waals surface area contributed by atoms with Crippen molar-refractivity contribution in [1.82, 2.24) is 0 Å². The molecule has 0 aliphatic rings. The molecule has 0 fully saturated rings. The van der Waals surface area contributed by atoms with Crippen LogP contribution in [-0.2, 0) is 29.0 Å². The number of allylic oxidation sites excluding steroid dienone is 1. The molecule has 3 aromatic rings. The van der Waals surface area contributed by atoms with Crippen LogP contribution in [0.25, 0.3) is 5.57 Å². The van der Waals surface area contributed by atoms with Gasteiger partial charge in [0.15, 0.2) is 0 Å². The number of carbonyl (C=O) groups excluding carboxylic acids is 1. The third kappa shape index (κ3) is 8.77. The number of ether oxygens (including phenoxy) is 5. The van der Waals surface area contributed by atoms with E-state index in [-0.39, 0.29) is 19.4 Å². The molecule has 0 amide bonds. The van der Waals surface area contributed by atoms with Gasteiger partial charge in [0.1, 0.15) is 29.6 Å². The Morgan fingerprint density at radius 2 is 1.52 bits per heavy atom. The van der Waals surface area contributed by atoms with E-state index < -0.39 is 11.9 Å². The highest BCUT2D eigenvalue weighted by molar-refractivity contribution is 5.89. The van der Waals surface area contributed by atoms with Gasteiger partial charge in [-0.1, -0.05) is 38.1 Å². The van der Waals surface area contributed by atoms with Crippen molar-refractivity contribution in [1.29, 1.82) is 0 Å². The van der Waals surface area contributed by atoms with Crippen LogP contribution in [-0.4, -0.2) is 44.5 Å². The summed E-state index contributed by atoms with van der Waals surface area (Å²) in [5.74, 6) is 1.34. The summed E-state index contributed by atoms with van der Waals surface area (Å²) in [6.07, 6.45) is 2.56. The van der Waals surface area contributed by atoms with Crippen molar-refractivity contribution in [2.45, 2.75) is 52.6 Å². The molecule has 1 N–H and O–H groups in total. The maximum Gasteiger partial charge on any atom is 0.337 e. The Labute approximate surface area is 247 Å². The van der Waals surface area contributed by atoms with Crippen LogP contribution in [0.5, 0.6) is 23.0 Å². The fourth-order valence-corrected chi connectivity index (χ4v) is 4.59. The zero-order valence-electron chi connectivity index (χ0n) is 24.9. The third-order valence-corrected chi connectivity index (χ3v) is 6.61. The number of hydrogen-bond acceptors (Lipinski definition) is 7. The Balaban J connectivity index is 1.67. The van der Waals surface area contributed by atoms with Gasteiger partial charge in [0, 0.05) is 29.5 Å². The summed E-state index contributed by atoms with van der Waals surface area (Å²) in [7, 11) is 3.00. The van der Waals surface area contributed by atoms with Gasteiger partial charge in [-0.05, 0) is 67.3 Å². The van der Waals surface area contributed by atoms with Gasteiger partial charge in [0.2, 0.25) is 0 Å². The lowest BCUT2D eigenvalue weighted by Gasteiger charge is -2.18. The molecule has 8 heteroatoms. The summed E-state index contributed by atoms with van der Waals surface area (Å²) in [6.45, 7) is 9.13. The van der Waals surface area contributed by atoms with Crippen LogP contribution in [0.1, 0.15) is 65.7 Å². The van der Waals surface area contributed by atoms with Crippen LogP contribution in [0.4, 0.5) is 0 Å². The summed E-state index contributed by atoms with van der Waals surface area (Å²) in [5, 5.41) is 9.31. The highest BCUT2D eigenvalue weighted by atomic mass is 16.5. The van der Waals surface area contributed by atoms with Crippen molar-refractivity contribution in [2.24, 2.45) is 0 Å². The number of carbonyl (C=O) groups is 2. The van der Waals surface area contributed by atoms with E-state index in [4.69, 9.17) is 23.7 Å². The van der Waals surface area contributed by atoms with Gasteiger partial charge >= 0.3 is 11.9 Å². The summed E-state index contributed by atoms with van der Waals surface area (Å²) in [4.78, 5) is 23.2. The van der Waals surface area contributed by atoms with Crippen molar-refractivity contribution < 1.29 is 38.4 Å². The van der Waals surface area contributed by atoms with Crippen molar-refractivity contribution in [3.63, 3.8) is 0 Å². The Bertz CT molecular complexity index is 1380. The largest absolute Gasteiger partial charge is 0.496 e. The molecule has 0 saturated carbocycles. The molecule has 0 radical (unpaired) electrons. The Hall–Kier alpha value is -4.46. The number of carboxylic acid groups (broad SMARTS) is 1. The topological polar surface area (TPSA) is 101 Å². The van der Waals surface area contributed by atoms with Crippen molar-refractivity contribution in [2.75, 3.05) is 27.4 Å². The first-order valence-corrected chi connectivity index (χ1v) is 14.0. The third-order valence-electron chi connectivity index (χ3n) is 6.61. The second kappa shape index (κ2) is 16.1. The van der Waals surface area contributed by atoms with Gasteiger partial charge in [-0.25, -0.2) is 4.79 Å². The quantitative estimate of drug-likeness (QED) is 0.137. The first-order chi connectivity index (χ1) is 20.3. The first-order valence-electron chi connectivity index (χ1n) is 14.0. The van der Waals surface area contributed by atoms with E-state index in [2.05, 4.69) is 13.5 Å². The molecule has 0 unspecified atom stereocenters. The highest BCUT2D eigenvalue weighted by Gasteiger charge is 2.16. The van der Waals surface area contributed by atoms with Gasteiger partial charge < -0.3 is 28.8 Å². The molecule has 0 aliphatic carbocycles. The van der Waals surface area contributed by atoms with Gasteiger partial charge in [-0.15, -0.1) is 0 Å². The smallest absolute Gasteiger partial charge is 0.337 e. The minimum absolute atomic E-state index is 0.0696. The van der Waals surface area contributed by atoms with E-state index in [1.165, 1.54) is 7.11 Å². The summed E-state index contributed by atoms with van der Waals surface area (Å²) in [6, 6.07) is 16.3. The van der Waals surface area contributed by atoms with Crippen molar-refractivity contribution in [3.8, 4) is 23.0 Å². The first kappa shape index (κ1) is 32.1. The van der Waals surface area contributed by atoms with Crippen LogP contribution in [0, 0.1) is 0 Å². The fraction of sp³-hybridized carbons (Fsp3) is 0.353. The molecule has 0 aliphatic heterocycles. The van der Waals surface area contributed by atoms with E-state index in [1.807, 2.05) is 37.3 Å². The van der Waals surface area contributed by atoms with Crippen LogP contribution in [0.2, 0.25) is 0 Å². The number of benzene rings is 3. The number of esters is 1. The number of aliphatic carboxylic acids is 1. The van der Waals surface area contributed by atoms with E-state index in [9.17, 15) is 14.7 Å². The molecule has 0 heterocycles. The minimum atomic E-state index is -0.911. The average Bonchev–Trinajstić information content (AvgIpc) is 2.99.